The maximum Gasteiger partial charge on any atom is 0.416 e. The van der Waals surface area contributed by atoms with Gasteiger partial charge in [0.1, 0.15) is 6.26 Å². The van der Waals surface area contributed by atoms with Crippen LogP contribution in [0.1, 0.15) is 18.2 Å². The zero-order chi connectivity index (χ0) is 14.8. The fraction of sp³-hybridized carbons (Fsp3) is 0.357. The number of nitrogens with one attached hydrogen (secondary N) is 1. The van der Waals surface area contributed by atoms with Crippen molar-refractivity contribution in [3.05, 3.63) is 41.8 Å². The van der Waals surface area contributed by atoms with Crippen LogP contribution in [0.5, 0.6) is 0 Å². The van der Waals surface area contributed by atoms with Crippen molar-refractivity contribution in [3.8, 4) is 11.5 Å². The number of rotatable bonds is 4. The minimum atomic E-state index is -4.33. The number of oxazole rings is 1. The fourth-order valence-electron chi connectivity index (χ4n) is 1.75. The zero-order valence-electron chi connectivity index (χ0n) is 11.2. The first-order valence-corrected chi connectivity index (χ1v) is 6.19. The van der Waals surface area contributed by atoms with Crippen molar-refractivity contribution in [3.63, 3.8) is 0 Å². The molecule has 0 spiro atoms. The Labute approximate surface area is 114 Å². The van der Waals surface area contributed by atoms with Crippen molar-refractivity contribution in [2.45, 2.75) is 25.6 Å². The molecule has 1 heterocycles. The summed E-state index contributed by atoms with van der Waals surface area (Å²) in [5.74, 6) is 0.331. The predicted molar refractivity (Wildman–Crippen MR) is 69.2 cm³/mol. The molecule has 1 aromatic heterocycles. The SMILES string of the molecule is CNC(C)Cc1coc(-c2ccc(C(F)(F)F)cc2)n1. The summed E-state index contributed by atoms with van der Waals surface area (Å²) >= 11 is 0. The summed E-state index contributed by atoms with van der Waals surface area (Å²) in [6.07, 6.45) is -2.11. The van der Waals surface area contributed by atoms with Gasteiger partial charge in [-0.3, -0.25) is 0 Å². The highest BCUT2D eigenvalue weighted by Crippen LogP contribution is 2.30. The second-order valence-electron chi connectivity index (χ2n) is 4.61. The normalized spacial score (nSPS) is 13.4. The number of likely N-dealkylation sites (N-methyl/N-ethyl adjacent to an activating group) is 1. The van der Waals surface area contributed by atoms with Crippen molar-refractivity contribution < 1.29 is 17.6 Å². The molecule has 1 atom stereocenters. The Balaban J connectivity index is 2.16. The predicted octanol–water partition coefficient (Wildman–Crippen LogP) is 3.51. The lowest BCUT2D eigenvalue weighted by Crippen LogP contribution is -2.23. The molecule has 0 radical (unpaired) electrons. The van der Waals surface area contributed by atoms with Gasteiger partial charge in [0.2, 0.25) is 5.89 Å². The molecular formula is C14H15F3N2O. The lowest BCUT2D eigenvalue weighted by Gasteiger charge is -2.06. The average molecular weight is 284 g/mol. The number of benzene rings is 1. The number of halogens is 3. The Hall–Kier alpha value is -1.82. The summed E-state index contributed by atoms with van der Waals surface area (Å²) in [4.78, 5) is 4.27. The topological polar surface area (TPSA) is 38.1 Å². The number of hydrogen-bond acceptors (Lipinski definition) is 3. The van der Waals surface area contributed by atoms with Gasteiger partial charge in [0, 0.05) is 18.0 Å². The van der Waals surface area contributed by atoms with Crippen molar-refractivity contribution >= 4 is 0 Å². The molecule has 6 heteroatoms. The fourth-order valence-corrected chi connectivity index (χ4v) is 1.75. The van der Waals surface area contributed by atoms with Crippen LogP contribution in [0, 0.1) is 0 Å². The first-order valence-electron chi connectivity index (χ1n) is 6.19. The molecule has 108 valence electrons. The van der Waals surface area contributed by atoms with Crippen LogP contribution in [0.15, 0.2) is 34.9 Å². The quantitative estimate of drug-likeness (QED) is 0.933. The highest BCUT2D eigenvalue weighted by atomic mass is 19.4. The van der Waals surface area contributed by atoms with E-state index < -0.39 is 11.7 Å². The van der Waals surface area contributed by atoms with E-state index in [-0.39, 0.29) is 6.04 Å². The molecule has 0 amide bonds. The van der Waals surface area contributed by atoms with Gasteiger partial charge in [-0.05, 0) is 38.2 Å². The van der Waals surface area contributed by atoms with E-state index in [1.54, 1.807) is 0 Å². The third-order valence-corrected chi connectivity index (χ3v) is 3.02. The second-order valence-corrected chi connectivity index (χ2v) is 4.61. The molecule has 0 fully saturated rings. The molecule has 0 aliphatic carbocycles. The highest BCUT2D eigenvalue weighted by molar-refractivity contribution is 5.54. The smallest absolute Gasteiger partial charge is 0.416 e. The van der Waals surface area contributed by atoms with Crippen molar-refractivity contribution in [1.29, 1.82) is 0 Å². The number of nitrogens with zero attached hydrogens (tertiary/aromatic N) is 1. The molecule has 0 saturated heterocycles. The van der Waals surface area contributed by atoms with Crippen LogP contribution < -0.4 is 5.32 Å². The van der Waals surface area contributed by atoms with Gasteiger partial charge in [-0.15, -0.1) is 0 Å². The Morgan fingerprint density at radius 3 is 2.45 bits per heavy atom. The van der Waals surface area contributed by atoms with Crippen LogP contribution in [0.3, 0.4) is 0 Å². The molecule has 2 rings (SSSR count). The first kappa shape index (κ1) is 14.6. The molecule has 1 N–H and O–H groups in total. The minimum absolute atomic E-state index is 0.251. The van der Waals surface area contributed by atoms with Crippen molar-refractivity contribution in [2.75, 3.05) is 7.05 Å². The molecule has 0 aliphatic rings. The van der Waals surface area contributed by atoms with Crippen molar-refractivity contribution in [1.82, 2.24) is 10.3 Å². The summed E-state index contributed by atoms with van der Waals surface area (Å²) in [6.45, 7) is 2.01. The summed E-state index contributed by atoms with van der Waals surface area (Å²) in [5.41, 5.74) is 0.611. The van der Waals surface area contributed by atoms with E-state index >= 15 is 0 Å². The van der Waals surface area contributed by atoms with Crippen LogP contribution >= 0.6 is 0 Å². The maximum atomic E-state index is 12.5. The average Bonchev–Trinajstić information content (AvgIpc) is 2.86. The molecule has 0 aliphatic heterocycles. The Morgan fingerprint density at radius 1 is 1.25 bits per heavy atom. The Kier molecular flexibility index (Phi) is 4.13. The molecular weight excluding hydrogens is 269 g/mol. The van der Waals surface area contributed by atoms with Gasteiger partial charge in [-0.25, -0.2) is 4.98 Å². The number of aromatic nitrogens is 1. The lowest BCUT2D eigenvalue weighted by molar-refractivity contribution is -0.137. The van der Waals surface area contributed by atoms with E-state index in [2.05, 4.69) is 10.3 Å². The number of alkyl halides is 3. The summed E-state index contributed by atoms with van der Waals surface area (Å²) in [7, 11) is 1.85. The molecule has 1 aromatic carbocycles. The molecule has 3 nitrogen and oxygen atoms in total. The molecule has 20 heavy (non-hydrogen) atoms. The van der Waals surface area contributed by atoms with Crippen LogP contribution in [-0.4, -0.2) is 18.1 Å². The largest absolute Gasteiger partial charge is 0.444 e. The second kappa shape index (κ2) is 5.66. The standard InChI is InChI=1S/C14H15F3N2O/c1-9(18-2)7-12-8-20-13(19-12)10-3-5-11(6-4-10)14(15,16)17/h3-6,8-9,18H,7H2,1-2H3. The van der Waals surface area contributed by atoms with E-state index in [1.807, 2.05) is 14.0 Å². The zero-order valence-corrected chi connectivity index (χ0v) is 11.2. The molecule has 0 saturated carbocycles. The third-order valence-electron chi connectivity index (χ3n) is 3.02. The van der Waals surface area contributed by atoms with Crippen LogP contribution in [0.25, 0.3) is 11.5 Å². The van der Waals surface area contributed by atoms with E-state index in [0.717, 1.165) is 17.8 Å². The van der Waals surface area contributed by atoms with E-state index in [0.29, 0.717) is 17.9 Å². The van der Waals surface area contributed by atoms with Crippen molar-refractivity contribution in [2.24, 2.45) is 0 Å². The van der Waals surface area contributed by atoms with Crippen LogP contribution in [-0.2, 0) is 12.6 Å². The Bertz CT molecular complexity index is 561. The van der Waals surface area contributed by atoms with Crippen LogP contribution in [0.4, 0.5) is 13.2 Å². The van der Waals surface area contributed by atoms with Gasteiger partial charge < -0.3 is 9.73 Å². The van der Waals surface area contributed by atoms with Gasteiger partial charge in [0.15, 0.2) is 0 Å². The van der Waals surface area contributed by atoms with Gasteiger partial charge in [0.05, 0.1) is 11.3 Å². The van der Waals surface area contributed by atoms with Gasteiger partial charge >= 0.3 is 6.18 Å². The first-order chi connectivity index (χ1) is 9.40. The highest BCUT2D eigenvalue weighted by Gasteiger charge is 2.30. The lowest BCUT2D eigenvalue weighted by atomic mass is 10.1. The van der Waals surface area contributed by atoms with E-state index in [4.69, 9.17) is 4.42 Å². The Morgan fingerprint density at radius 2 is 1.90 bits per heavy atom. The van der Waals surface area contributed by atoms with E-state index in [9.17, 15) is 13.2 Å². The van der Waals surface area contributed by atoms with Gasteiger partial charge in [-0.2, -0.15) is 13.2 Å². The summed E-state index contributed by atoms with van der Waals surface area (Å²) in [5, 5.41) is 3.08. The molecule has 2 aromatic rings. The monoisotopic (exact) mass is 284 g/mol. The summed E-state index contributed by atoms with van der Waals surface area (Å²) < 4.78 is 42.7. The maximum absolute atomic E-state index is 12.5. The third kappa shape index (κ3) is 3.39. The van der Waals surface area contributed by atoms with E-state index in [1.165, 1.54) is 18.4 Å². The molecule has 0 bridgehead atoms. The van der Waals surface area contributed by atoms with Gasteiger partial charge in [-0.1, -0.05) is 0 Å². The minimum Gasteiger partial charge on any atom is -0.444 e. The van der Waals surface area contributed by atoms with Crippen LogP contribution in [0.2, 0.25) is 0 Å². The van der Waals surface area contributed by atoms with Gasteiger partial charge in [0.25, 0.3) is 0 Å². The summed E-state index contributed by atoms with van der Waals surface area (Å²) in [6, 6.07) is 5.02. The number of hydrogen-bond donors (Lipinski definition) is 1. The molecule has 1 unspecified atom stereocenters.